The van der Waals surface area contributed by atoms with Gasteiger partial charge in [-0.1, -0.05) is 0 Å². The van der Waals surface area contributed by atoms with E-state index < -0.39 is 0 Å². The van der Waals surface area contributed by atoms with Gasteiger partial charge in [0, 0.05) is 6.42 Å². The summed E-state index contributed by atoms with van der Waals surface area (Å²) in [5.41, 5.74) is 2.08. The molecule has 0 heterocycles. The molecular formula is C11H16BrNO3. The Bertz CT molecular complexity index is 369. The van der Waals surface area contributed by atoms with Crippen LogP contribution in [0.5, 0.6) is 11.5 Å². The molecule has 1 rings (SSSR count). The fourth-order valence-electron chi connectivity index (χ4n) is 1.64. The maximum Gasteiger partial charge on any atom is 0.140 e. The van der Waals surface area contributed by atoms with Crippen molar-refractivity contribution in [2.45, 2.75) is 13.3 Å². The third kappa shape index (κ3) is 2.66. The molecule has 0 bridgehead atoms. The number of aryl methyl sites for hydroxylation is 1. The molecular weight excluding hydrogens is 274 g/mol. The van der Waals surface area contributed by atoms with Crippen molar-refractivity contribution in [3.8, 4) is 11.5 Å². The summed E-state index contributed by atoms with van der Waals surface area (Å²) in [7, 11) is 3.26. The lowest BCUT2D eigenvalue weighted by Gasteiger charge is -2.15. The predicted octanol–water partition coefficient (Wildman–Crippen LogP) is 2.21. The molecule has 0 radical (unpaired) electrons. The zero-order valence-electron chi connectivity index (χ0n) is 9.67. The van der Waals surface area contributed by atoms with Gasteiger partial charge in [0.15, 0.2) is 0 Å². The summed E-state index contributed by atoms with van der Waals surface area (Å²) in [5, 5.41) is 0. The minimum Gasteiger partial charge on any atom is -0.495 e. The first-order valence-electron chi connectivity index (χ1n) is 4.87. The van der Waals surface area contributed by atoms with Crippen molar-refractivity contribution in [3.05, 3.63) is 21.7 Å². The van der Waals surface area contributed by atoms with E-state index in [1.165, 1.54) is 0 Å². The molecule has 0 atom stereocenters. The predicted molar refractivity (Wildman–Crippen MR) is 65.8 cm³/mol. The van der Waals surface area contributed by atoms with Crippen molar-refractivity contribution < 1.29 is 14.3 Å². The summed E-state index contributed by atoms with van der Waals surface area (Å²) in [6.07, 6.45) is 0.698. The third-order valence-electron chi connectivity index (χ3n) is 2.34. The van der Waals surface area contributed by atoms with Gasteiger partial charge in [-0.15, -0.1) is 0 Å². The van der Waals surface area contributed by atoms with Crippen molar-refractivity contribution in [2.24, 2.45) is 5.90 Å². The summed E-state index contributed by atoms with van der Waals surface area (Å²) in [5.74, 6) is 6.57. The number of ether oxygens (including phenoxy) is 2. The van der Waals surface area contributed by atoms with Crippen molar-refractivity contribution >= 4 is 15.9 Å². The van der Waals surface area contributed by atoms with Crippen molar-refractivity contribution in [3.63, 3.8) is 0 Å². The van der Waals surface area contributed by atoms with Crippen LogP contribution in [0.2, 0.25) is 0 Å². The average Bonchev–Trinajstić information content (AvgIpc) is 2.26. The minimum absolute atomic E-state index is 0.453. The zero-order valence-corrected chi connectivity index (χ0v) is 11.3. The topological polar surface area (TPSA) is 53.7 Å². The fourth-order valence-corrected chi connectivity index (χ4v) is 2.53. The van der Waals surface area contributed by atoms with Crippen LogP contribution in [-0.2, 0) is 11.3 Å². The van der Waals surface area contributed by atoms with Gasteiger partial charge >= 0.3 is 0 Å². The van der Waals surface area contributed by atoms with Crippen LogP contribution in [0.3, 0.4) is 0 Å². The molecule has 1 aromatic rings. The second kappa shape index (κ2) is 6.08. The van der Waals surface area contributed by atoms with E-state index in [0.29, 0.717) is 13.0 Å². The summed E-state index contributed by atoms with van der Waals surface area (Å²) >= 11 is 3.47. The normalized spacial score (nSPS) is 10.3. The number of methoxy groups -OCH3 is 2. The number of hydrogen-bond donors (Lipinski definition) is 1. The first kappa shape index (κ1) is 13.3. The SMILES string of the molecule is COc1c(C)cc(CCON)c(OC)c1Br. The second-order valence-electron chi connectivity index (χ2n) is 3.35. The lowest BCUT2D eigenvalue weighted by molar-refractivity contribution is 0.140. The maximum absolute atomic E-state index is 5.35. The highest BCUT2D eigenvalue weighted by atomic mass is 79.9. The van der Waals surface area contributed by atoms with Crippen LogP contribution in [-0.4, -0.2) is 20.8 Å². The Hall–Kier alpha value is -0.780. The van der Waals surface area contributed by atoms with E-state index in [1.807, 2.05) is 13.0 Å². The van der Waals surface area contributed by atoms with Crippen LogP contribution in [0.25, 0.3) is 0 Å². The molecule has 0 aliphatic carbocycles. The molecule has 0 aromatic heterocycles. The van der Waals surface area contributed by atoms with Crippen molar-refractivity contribution in [2.75, 3.05) is 20.8 Å². The Labute approximate surface area is 104 Å². The van der Waals surface area contributed by atoms with Crippen LogP contribution in [0.15, 0.2) is 10.5 Å². The van der Waals surface area contributed by atoms with E-state index in [9.17, 15) is 0 Å². The Morgan fingerprint density at radius 3 is 2.38 bits per heavy atom. The first-order chi connectivity index (χ1) is 7.65. The second-order valence-corrected chi connectivity index (χ2v) is 4.15. The molecule has 1 aromatic carbocycles. The molecule has 5 heteroatoms. The Balaban J connectivity index is 3.18. The molecule has 2 N–H and O–H groups in total. The number of nitrogens with two attached hydrogens (primary N) is 1. The van der Waals surface area contributed by atoms with Crippen LogP contribution >= 0.6 is 15.9 Å². The van der Waals surface area contributed by atoms with Gasteiger partial charge < -0.3 is 14.3 Å². The number of rotatable bonds is 5. The standard InChI is InChI=1S/C11H16BrNO3/c1-7-6-8(4-5-16-13)11(15-3)9(12)10(7)14-2/h6H,4-5,13H2,1-3H3. The number of halogens is 1. The number of benzene rings is 1. The third-order valence-corrected chi connectivity index (χ3v) is 3.06. The molecule has 90 valence electrons. The van der Waals surface area contributed by atoms with Crippen molar-refractivity contribution in [1.29, 1.82) is 0 Å². The van der Waals surface area contributed by atoms with Gasteiger partial charge in [0.25, 0.3) is 0 Å². The van der Waals surface area contributed by atoms with E-state index in [0.717, 1.165) is 27.1 Å². The Kier molecular flexibility index (Phi) is 5.05. The van der Waals surface area contributed by atoms with Crippen molar-refractivity contribution in [1.82, 2.24) is 0 Å². The van der Waals surface area contributed by atoms with E-state index in [4.69, 9.17) is 15.4 Å². The van der Waals surface area contributed by atoms with Gasteiger partial charge in [-0.2, -0.15) is 0 Å². The highest BCUT2D eigenvalue weighted by Crippen LogP contribution is 2.39. The average molecular weight is 290 g/mol. The molecule has 16 heavy (non-hydrogen) atoms. The Morgan fingerprint density at radius 1 is 1.25 bits per heavy atom. The van der Waals surface area contributed by atoms with Crippen LogP contribution in [0, 0.1) is 6.92 Å². The molecule has 0 saturated carbocycles. The van der Waals surface area contributed by atoms with Gasteiger partial charge in [-0.3, -0.25) is 0 Å². The van der Waals surface area contributed by atoms with Crippen LogP contribution in [0.1, 0.15) is 11.1 Å². The van der Waals surface area contributed by atoms with E-state index in [2.05, 4.69) is 20.8 Å². The van der Waals surface area contributed by atoms with Gasteiger partial charge in [0.2, 0.25) is 0 Å². The monoisotopic (exact) mass is 289 g/mol. The van der Waals surface area contributed by atoms with Gasteiger partial charge in [0.05, 0.1) is 20.8 Å². The lowest BCUT2D eigenvalue weighted by atomic mass is 10.1. The highest BCUT2D eigenvalue weighted by Gasteiger charge is 2.15. The van der Waals surface area contributed by atoms with E-state index >= 15 is 0 Å². The van der Waals surface area contributed by atoms with E-state index in [-0.39, 0.29) is 0 Å². The fraction of sp³-hybridized carbons (Fsp3) is 0.455. The molecule has 0 aliphatic heterocycles. The number of hydrogen-bond acceptors (Lipinski definition) is 4. The van der Waals surface area contributed by atoms with Gasteiger partial charge in [-0.25, -0.2) is 5.90 Å². The quantitative estimate of drug-likeness (QED) is 0.845. The zero-order chi connectivity index (χ0) is 12.1. The first-order valence-corrected chi connectivity index (χ1v) is 5.66. The largest absolute Gasteiger partial charge is 0.495 e. The smallest absolute Gasteiger partial charge is 0.140 e. The summed E-state index contributed by atoms with van der Waals surface area (Å²) in [4.78, 5) is 4.58. The van der Waals surface area contributed by atoms with Crippen LogP contribution < -0.4 is 15.4 Å². The molecule has 0 saturated heterocycles. The molecule has 0 unspecified atom stereocenters. The summed E-state index contributed by atoms with van der Waals surface area (Å²) in [6.45, 7) is 2.43. The molecule has 4 nitrogen and oxygen atoms in total. The summed E-state index contributed by atoms with van der Waals surface area (Å²) in [6, 6.07) is 2.02. The summed E-state index contributed by atoms with van der Waals surface area (Å²) < 4.78 is 11.5. The van der Waals surface area contributed by atoms with Gasteiger partial charge in [0.1, 0.15) is 16.0 Å². The molecule has 0 spiro atoms. The lowest BCUT2D eigenvalue weighted by Crippen LogP contribution is -2.06. The molecule has 0 aliphatic rings. The van der Waals surface area contributed by atoms with Crippen LogP contribution in [0.4, 0.5) is 0 Å². The van der Waals surface area contributed by atoms with E-state index in [1.54, 1.807) is 14.2 Å². The molecule has 0 amide bonds. The Morgan fingerprint density at radius 2 is 1.88 bits per heavy atom. The highest BCUT2D eigenvalue weighted by molar-refractivity contribution is 9.10. The minimum atomic E-state index is 0.453. The van der Waals surface area contributed by atoms with Gasteiger partial charge in [-0.05, 0) is 40.0 Å². The molecule has 0 fully saturated rings. The maximum atomic E-state index is 5.35.